The topological polar surface area (TPSA) is 79.6 Å². The van der Waals surface area contributed by atoms with Crippen LogP contribution in [0.4, 0.5) is 8.78 Å². The van der Waals surface area contributed by atoms with E-state index in [0.717, 1.165) is 6.07 Å². The molecular weight excluding hydrogens is 228 g/mol. The van der Waals surface area contributed by atoms with Gasteiger partial charge in [0, 0.05) is 0 Å². The summed E-state index contributed by atoms with van der Waals surface area (Å²) in [5.41, 5.74) is 2.70. The SMILES string of the molecule is NNC(Cc1cccc(F)c1F)c1ncn[nH]1. The number of nitrogens with two attached hydrogens (primary N) is 1. The average molecular weight is 239 g/mol. The molecule has 17 heavy (non-hydrogen) atoms. The summed E-state index contributed by atoms with van der Waals surface area (Å²) in [5.74, 6) is 4.07. The van der Waals surface area contributed by atoms with Gasteiger partial charge in [0.25, 0.3) is 0 Å². The molecular formula is C10H11F2N5. The Bertz CT molecular complexity index is 485. The summed E-state index contributed by atoms with van der Waals surface area (Å²) in [4.78, 5) is 3.91. The molecule has 2 rings (SSSR count). The van der Waals surface area contributed by atoms with Crippen molar-refractivity contribution in [1.82, 2.24) is 20.6 Å². The van der Waals surface area contributed by atoms with Crippen molar-refractivity contribution in [2.75, 3.05) is 0 Å². The van der Waals surface area contributed by atoms with Crippen LogP contribution in [-0.4, -0.2) is 15.2 Å². The lowest BCUT2D eigenvalue weighted by Gasteiger charge is -2.13. The van der Waals surface area contributed by atoms with Gasteiger partial charge in [-0.3, -0.25) is 10.9 Å². The highest BCUT2D eigenvalue weighted by Gasteiger charge is 2.17. The summed E-state index contributed by atoms with van der Waals surface area (Å²) in [6, 6.07) is 3.56. The number of rotatable bonds is 4. The number of hydrogen-bond acceptors (Lipinski definition) is 4. The molecule has 1 aromatic heterocycles. The van der Waals surface area contributed by atoms with Gasteiger partial charge in [0.2, 0.25) is 0 Å². The number of H-pyrrole nitrogens is 1. The molecule has 4 N–H and O–H groups in total. The Labute approximate surface area is 96.0 Å². The standard InChI is InChI=1S/C10H11F2N5/c11-7-3-1-2-6(9(7)12)4-8(16-13)10-14-5-15-17-10/h1-3,5,8,16H,4,13H2,(H,14,15,17). The van der Waals surface area contributed by atoms with Crippen LogP contribution in [0.25, 0.3) is 0 Å². The third kappa shape index (κ3) is 2.45. The summed E-state index contributed by atoms with van der Waals surface area (Å²) < 4.78 is 26.5. The van der Waals surface area contributed by atoms with E-state index in [1.807, 2.05) is 0 Å². The lowest BCUT2D eigenvalue weighted by atomic mass is 10.1. The number of aromatic amines is 1. The molecule has 0 spiro atoms. The van der Waals surface area contributed by atoms with E-state index < -0.39 is 17.7 Å². The number of aromatic nitrogens is 3. The molecule has 2 aromatic rings. The van der Waals surface area contributed by atoms with E-state index in [1.54, 1.807) is 0 Å². The molecule has 5 nitrogen and oxygen atoms in total. The molecule has 0 fully saturated rings. The van der Waals surface area contributed by atoms with Crippen molar-refractivity contribution in [3.8, 4) is 0 Å². The number of benzene rings is 1. The minimum atomic E-state index is -0.879. The Hall–Kier alpha value is -1.86. The Morgan fingerprint density at radius 1 is 1.41 bits per heavy atom. The number of halogens is 2. The van der Waals surface area contributed by atoms with Crippen LogP contribution < -0.4 is 11.3 Å². The first-order chi connectivity index (χ1) is 8.22. The van der Waals surface area contributed by atoms with Crippen LogP contribution in [0.15, 0.2) is 24.5 Å². The smallest absolute Gasteiger partial charge is 0.162 e. The molecule has 7 heteroatoms. The fourth-order valence-electron chi connectivity index (χ4n) is 1.54. The number of hydrogen-bond donors (Lipinski definition) is 3. The van der Waals surface area contributed by atoms with Gasteiger partial charge in [0.1, 0.15) is 12.2 Å². The van der Waals surface area contributed by atoms with Gasteiger partial charge in [-0.25, -0.2) is 19.2 Å². The van der Waals surface area contributed by atoms with Crippen molar-refractivity contribution in [1.29, 1.82) is 0 Å². The minimum absolute atomic E-state index is 0.176. The highest BCUT2D eigenvalue weighted by Crippen LogP contribution is 2.18. The van der Waals surface area contributed by atoms with Gasteiger partial charge in [-0.15, -0.1) is 0 Å². The van der Waals surface area contributed by atoms with Crippen molar-refractivity contribution in [3.63, 3.8) is 0 Å². The highest BCUT2D eigenvalue weighted by atomic mass is 19.2. The first-order valence-electron chi connectivity index (χ1n) is 4.96. The third-order valence-corrected chi connectivity index (χ3v) is 2.42. The average Bonchev–Trinajstić information content (AvgIpc) is 2.85. The molecule has 1 atom stereocenters. The van der Waals surface area contributed by atoms with E-state index >= 15 is 0 Å². The van der Waals surface area contributed by atoms with Crippen molar-refractivity contribution in [3.05, 3.63) is 47.5 Å². The summed E-state index contributed by atoms with van der Waals surface area (Å²) in [6.45, 7) is 0. The van der Waals surface area contributed by atoms with E-state index in [9.17, 15) is 8.78 Å². The van der Waals surface area contributed by atoms with Gasteiger partial charge in [0.05, 0.1) is 6.04 Å². The van der Waals surface area contributed by atoms with Crippen molar-refractivity contribution in [2.45, 2.75) is 12.5 Å². The second-order valence-corrected chi connectivity index (χ2v) is 3.51. The van der Waals surface area contributed by atoms with E-state index in [-0.39, 0.29) is 12.0 Å². The van der Waals surface area contributed by atoms with Gasteiger partial charge in [-0.1, -0.05) is 12.1 Å². The molecule has 0 saturated heterocycles. The maximum Gasteiger partial charge on any atom is 0.162 e. The fourth-order valence-corrected chi connectivity index (χ4v) is 1.54. The van der Waals surface area contributed by atoms with Gasteiger partial charge >= 0.3 is 0 Å². The summed E-state index contributed by atoms with van der Waals surface area (Å²) in [6.07, 6.45) is 1.50. The van der Waals surface area contributed by atoms with Crippen LogP contribution in [0, 0.1) is 11.6 Å². The Morgan fingerprint density at radius 3 is 2.88 bits per heavy atom. The quantitative estimate of drug-likeness (QED) is 0.545. The van der Waals surface area contributed by atoms with Crippen molar-refractivity contribution >= 4 is 0 Å². The maximum absolute atomic E-state index is 13.5. The molecule has 0 aliphatic rings. The molecule has 0 aliphatic carbocycles. The largest absolute Gasteiger partial charge is 0.271 e. The highest BCUT2D eigenvalue weighted by molar-refractivity contribution is 5.20. The van der Waals surface area contributed by atoms with Gasteiger partial charge in [0.15, 0.2) is 11.6 Å². The zero-order valence-electron chi connectivity index (χ0n) is 8.82. The van der Waals surface area contributed by atoms with Crippen LogP contribution in [0.5, 0.6) is 0 Å². The number of hydrazine groups is 1. The molecule has 1 aromatic carbocycles. The van der Waals surface area contributed by atoms with Gasteiger partial charge < -0.3 is 0 Å². The predicted molar refractivity (Wildman–Crippen MR) is 56.5 cm³/mol. The zero-order chi connectivity index (χ0) is 12.3. The van der Waals surface area contributed by atoms with Crippen LogP contribution >= 0.6 is 0 Å². The Morgan fingerprint density at radius 2 is 2.24 bits per heavy atom. The molecule has 1 unspecified atom stereocenters. The molecule has 90 valence electrons. The van der Waals surface area contributed by atoms with Crippen LogP contribution in [-0.2, 0) is 6.42 Å². The van der Waals surface area contributed by atoms with Crippen molar-refractivity contribution in [2.24, 2.45) is 5.84 Å². The first-order valence-corrected chi connectivity index (χ1v) is 4.96. The first kappa shape index (κ1) is 11.6. The van der Waals surface area contributed by atoms with E-state index in [2.05, 4.69) is 20.6 Å². The lowest BCUT2D eigenvalue weighted by Crippen LogP contribution is -2.30. The Kier molecular flexibility index (Phi) is 3.40. The number of nitrogens with zero attached hydrogens (tertiary/aromatic N) is 2. The van der Waals surface area contributed by atoms with Crippen LogP contribution in [0.2, 0.25) is 0 Å². The molecule has 0 aliphatic heterocycles. The van der Waals surface area contributed by atoms with Gasteiger partial charge in [-0.2, -0.15) is 5.10 Å². The fraction of sp³-hybridized carbons (Fsp3) is 0.200. The van der Waals surface area contributed by atoms with E-state index in [1.165, 1.54) is 18.5 Å². The van der Waals surface area contributed by atoms with E-state index in [4.69, 9.17) is 5.84 Å². The molecule has 1 heterocycles. The molecule has 0 saturated carbocycles. The van der Waals surface area contributed by atoms with Crippen molar-refractivity contribution < 1.29 is 8.78 Å². The Balaban J connectivity index is 2.22. The predicted octanol–water partition coefficient (Wildman–Crippen LogP) is 0.830. The third-order valence-electron chi connectivity index (χ3n) is 2.42. The van der Waals surface area contributed by atoms with Crippen LogP contribution in [0.3, 0.4) is 0 Å². The molecule has 0 bridgehead atoms. The second kappa shape index (κ2) is 4.98. The summed E-state index contributed by atoms with van der Waals surface area (Å²) >= 11 is 0. The normalized spacial score (nSPS) is 12.6. The zero-order valence-corrected chi connectivity index (χ0v) is 8.82. The molecule has 0 amide bonds. The lowest BCUT2D eigenvalue weighted by molar-refractivity contribution is 0.474. The van der Waals surface area contributed by atoms with Gasteiger partial charge in [-0.05, 0) is 18.1 Å². The maximum atomic E-state index is 13.5. The molecule has 0 radical (unpaired) electrons. The summed E-state index contributed by atoms with van der Waals surface area (Å²) in [5, 5.41) is 6.30. The van der Waals surface area contributed by atoms with E-state index in [0.29, 0.717) is 5.82 Å². The minimum Gasteiger partial charge on any atom is -0.271 e. The van der Waals surface area contributed by atoms with Crippen LogP contribution in [0.1, 0.15) is 17.4 Å². The number of nitrogens with one attached hydrogen (secondary N) is 2. The second-order valence-electron chi connectivity index (χ2n) is 3.51. The summed E-state index contributed by atoms with van der Waals surface area (Å²) in [7, 11) is 0. The monoisotopic (exact) mass is 239 g/mol.